The van der Waals surface area contributed by atoms with Crippen LogP contribution in [0.15, 0.2) is 42.6 Å². The molecule has 2 aromatic carbocycles. The topological polar surface area (TPSA) is 76.5 Å². The molecule has 4 rings (SSSR count). The van der Waals surface area contributed by atoms with E-state index in [4.69, 9.17) is 9.84 Å². The minimum atomic E-state index is -2.54. The molecule has 1 fully saturated rings. The summed E-state index contributed by atoms with van der Waals surface area (Å²) < 4.78 is 32.4. The summed E-state index contributed by atoms with van der Waals surface area (Å²) in [4.78, 5) is 27.0. The maximum atomic E-state index is 12.8. The highest BCUT2D eigenvalue weighted by molar-refractivity contribution is 6.00. The molecule has 0 unspecified atom stereocenters. The van der Waals surface area contributed by atoms with E-state index in [1.165, 1.54) is 24.3 Å². The second-order valence-electron chi connectivity index (χ2n) is 8.93. The highest BCUT2D eigenvalue weighted by atomic mass is 19.3. The van der Waals surface area contributed by atoms with Gasteiger partial charge in [0.15, 0.2) is 0 Å². The van der Waals surface area contributed by atoms with Crippen molar-refractivity contribution in [3.8, 4) is 0 Å². The molecule has 35 heavy (non-hydrogen) atoms. The normalized spacial score (nSPS) is 14.6. The summed E-state index contributed by atoms with van der Waals surface area (Å²) >= 11 is 0. The molecule has 1 aromatic heterocycles. The predicted octanol–water partition coefficient (Wildman–Crippen LogP) is 4.21. The van der Waals surface area contributed by atoms with Crippen LogP contribution in [-0.2, 0) is 11.3 Å². The number of amides is 2. The number of piperidine rings is 1. The number of methoxy groups -OCH3 is 1. The van der Waals surface area contributed by atoms with Gasteiger partial charge in [0, 0.05) is 61.6 Å². The number of aromatic nitrogens is 2. The first-order valence-electron chi connectivity index (χ1n) is 11.8. The number of ether oxygens (including phenoxy) is 1. The summed E-state index contributed by atoms with van der Waals surface area (Å²) in [6.45, 7) is 4.80. The van der Waals surface area contributed by atoms with E-state index in [0.717, 1.165) is 35.9 Å². The molecule has 0 spiro atoms. The highest BCUT2D eigenvalue weighted by Crippen LogP contribution is 2.25. The molecular formula is C26H30F2N4O3. The second kappa shape index (κ2) is 10.9. The predicted molar refractivity (Wildman–Crippen MR) is 129 cm³/mol. The van der Waals surface area contributed by atoms with Crippen LogP contribution in [0, 0.1) is 12.8 Å². The molecular weight excluding hydrogens is 454 g/mol. The standard InChI is InChI=1S/C26H30F2N4O3/c1-17-21(25(33)29-11-14-35-2)7-8-23-22(17)16-32(30-23)15-18-9-12-31(13-10-18)26(34)20-5-3-19(4-6-20)24(27)28/h3-8,16,18,24H,9-15H2,1-2H3,(H,29,33). The van der Waals surface area contributed by atoms with Crippen LogP contribution in [0.2, 0.25) is 0 Å². The van der Waals surface area contributed by atoms with Crippen LogP contribution in [-0.4, -0.2) is 59.8 Å². The quantitative estimate of drug-likeness (QED) is 0.486. The zero-order chi connectivity index (χ0) is 24.9. The summed E-state index contributed by atoms with van der Waals surface area (Å²) in [6, 6.07) is 9.23. The number of halogens is 2. The number of fused-ring (bicyclic) bond motifs is 1. The molecule has 0 radical (unpaired) electrons. The van der Waals surface area contributed by atoms with Gasteiger partial charge in [-0.15, -0.1) is 0 Å². The zero-order valence-corrected chi connectivity index (χ0v) is 20.0. The number of aryl methyl sites for hydroxylation is 1. The molecule has 186 valence electrons. The smallest absolute Gasteiger partial charge is 0.263 e. The molecule has 1 saturated heterocycles. The highest BCUT2D eigenvalue weighted by Gasteiger charge is 2.25. The van der Waals surface area contributed by atoms with E-state index in [9.17, 15) is 18.4 Å². The van der Waals surface area contributed by atoms with Gasteiger partial charge in [-0.1, -0.05) is 12.1 Å². The maximum absolute atomic E-state index is 12.8. The van der Waals surface area contributed by atoms with Crippen molar-refractivity contribution in [1.82, 2.24) is 20.0 Å². The van der Waals surface area contributed by atoms with Gasteiger partial charge in [0.05, 0.1) is 12.1 Å². The third kappa shape index (κ3) is 5.67. The maximum Gasteiger partial charge on any atom is 0.263 e. The number of hydrogen-bond acceptors (Lipinski definition) is 4. The van der Waals surface area contributed by atoms with E-state index in [1.54, 1.807) is 18.1 Å². The average molecular weight is 485 g/mol. The van der Waals surface area contributed by atoms with Crippen LogP contribution >= 0.6 is 0 Å². The van der Waals surface area contributed by atoms with Crippen molar-refractivity contribution in [3.63, 3.8) is 0 Å². The third-order valence-electron chi connectivity index (χ3n) is 6.60. The van der Waals surface area contributed by atoms with Gasteiger partial charge in [0.25, 0.3) is 18.2 Å². The first-order chi connectivity index (χ1) is 16.9. The van der Waals surface area contributed by atoms with Gasteiger partial charge >= 0.3 is 0 Å². The van der Waals surface area contributed by atoms with Crippen LogP contribution in [0.1, 0.15) is 51.1 Å². The Morgan fingerprint density at radius 3 is 2.51 bits per heavy atom. The number of rotatable bonds is 8. The van der Waals surface area contributed by atoms with E-state index >= 15 is 0 Å². The largest absolute Gasteiger partial charge is 0.383 e. The number of likely N-dealkylation sites (tertiary alicyclic amines) is 1. The van der Waals surface area contributed by atoms with E-state index in [1.807, 2.05) is 23.9 Å². The molecule has 0 bridgehead atoms. The summed E-state index contributed by atoms with van der Waals surface area (Å²) in [5.74, 6) is 0.114. The number of nitrogens with one attached hydrogen (secondary N) is 1. The molecule has 1 aliphatic heterocycles. The monoisotopic (exact) mass is 484 g/mol. The van der Waals surface area contributed by atoms with E-state index in [-0.39, 0.29) is 17.4 Å². The van der Waals surface area contributed by atoms with Crippen LogP contribution in [0.3, 0.4) is 0 Å². The fraction of sp³-hybridized carbons (Fsp3) is 0.423. The van der Waals surface area contributed by atoms with Crippen molar-refractivity contribution < 1.29 is 23.1 Å². The van der Waals surface area contributed by atoms with Crippen molar-refractivity contribution >= 4 is 22.7 Å². The van der Waals surface area contributed by atoms with Gasteiger partial charge in [0.1, 0.15) is 0 Å². The Morgan fingerprint density at radius 1 is 1.14 bits per heavy atom. The van der Waals surface area contributed by atoms with E-state index < -0.39 is 6.43 Å². The lowest BCUT2D eigenvalue weighted by Gasteiger charge is -2.32. The molecule has 1 N–H and O–H groups in total. The Hall–Kier alpha value is -3.33. The minimum absolute atomic E-state index is 0.0825. The molecule has 2 heterocycles. The van der Waals surface area contributed by atoms with Crippen LogP contribution < -0.4 is 5.32 Å². The Labute approximate surface area is 203 Å². The Morgan fingerprint density at radius 2 is 1.86 bits per heavy atom. The number of carbonyl (C=O) groups is 2. The SMILES string of the molecule is COCCNC(=O)c1ccc2nn(CC3CCN(C(=O)c4ccc(C(F)F)cc4)CC3)cc2c1C. The molecule has 2 amide bonds. The van der Waals surface area contributed by atoms with Crippen molar-refractivity contribution in [2.24, 2.45) is 5.92 Å². The van der Waals surface area contributed by atoms with Crippen molar-refractivity contribution in [2.75, 3.05) is 33.4 Å². The van der Waals surface area contributed by atoms with Crippen molar-refractivity contribution in [3.05, 3.63) is 64.8 Å². The third-order valence-corrected chi connectivity index (χ3v) is 6.60. The second-order valence-corrected chi connectivity index (χ2v) is 8.93. The number of nitrogens with zero attached hydrogens (tertiary/aromatic N) is 3. The average Bonchev–Trinajstić information content (AvgIpc) is 3.28. The minimum Gasteiger partial charge on any atom is -0.383 e. The summed E-state index contributed by atoms with van der Waals surface area (Å²) in [6.07, 6.45) is 1.12. The lowest BCUT2D eigenvalue weighted by atomic mass is 9.96. The molecule has 1 aliphatic rings. The van der Waals surface area contributed by atoms with Crippen molar-refractivity contribution in [2.45, 2.75) is 32.7 Å². The van der Waals surface area contributed by atoms with Gasteiger partial charge in [0.2, 0.25) is 0 Å². The molecule has 3 aromatic rings. The molecule has 7 nitrogen and oxygen atoms in total. The first-order valence-corrected chi connectivity index (χ1v) is 11.8. The Kier molecular flexibility index (Phi) is 7.75. The lowest BCUT2D eigenvalue weighted by Crippen LogP contribution is -2.39. The fourth-order valence-corrected chi connectivity index (χ4v) is 4.52. The van der Waals surface area contributed by atoms with Gasteiger partial charge in [-0.2, -0.15) is 5.10 Å². The van der Waals surface area contributed by atoms with Gasteiger partial charge in [-0.3, -0.25) is 14.3 Å². The lowest BCUT2D eigenvalue weighted by molar-refractivity contribution is 0.0680. The van der Waals surface area contributed by atoms with Crippen molar-refractivity contribution in [1.29, 1.82) is 0 Å². The van der Waals surface area contributed by atoms with Gasteiger partial charge in [-0.05, 0) is 55.5 Å². The van der Waals surface area contributed by atoms with E-state index in [2.05, 4.69) is 5.32 Å². The number of alkyl halides is 2. The molecule has 9 heteroatoms. The van der Waals surface area contributed by atoms with Crippen LogP contribution in [0.5, 0.6) is 0 Å². The first kappa shape index (κ1) is 24.8. The van der Waals surface area contributed by atoms with E-state index in [0.29, 0.717) is 43.3 Å². The Balaban J connectivity index is 1.36. The molecule has 0 saturated carbocycles. The molecule has 0 atom stereocenters. The Bertz CT molecular complexity index is 1190. The number of hydrogen-bond donors (Lipinski definition) is 1. The summed E-state index contributed by atoms with van der Waals surface area (Å²) in [5.41, 5.74) is 2.71. The fourth-order valence-electron chi connectivity index (χ4n) is 4.52. The van der Waals surface area contributed by atoms with Crippen LogP contribution in [0.4, 0.5) is 8.78 Å². The zero-order valence-electron chi connectivity index (χ0n) is 20.0. The number of benzene rings is 2. The molecule has 0 aliphatic carbocycles. The summed E-state index contributed by atoms with van der Waals surface area (Å²) in [7, 11) is 1.59. The number of carbonyl (C=O) groups excluding carboxylic acids is 2. The summed E-state index contributed by atoms with van der Waals surface area (Å²) in [5, 5.41) is 8.49. The van der Waals surface area contributed by atoms with Gasteiger partial charge in [-0.25, -0.2) is 8.78 Å². The van der Waals surface area contributed by atoms with Crippen LogP contribution in [0.25, 0.3) is 10.9 Å². The van der Waals surface area contributed by atoms with Gasteiger partial charge < -0.3 is 15.0 Å².